The number of rotatable bonds is 11. The van der Waals surface area contributed by atoms with Gasteiger partial charge in [0.25, 0.3) is 5.91 Å². The number of hydrogen-bond donors (Lipinski definition) is 3. The van der Waals surface area contributed by atoms with Crippen LogP contribution in [0.25, 0.3) is 5.70 Å². The average molecular weight is 515 g/mol. The molecular formula is C26H31FN4O4S. The van der Waals surface area contributed by atoms with E-state index in [9.17, 15) is 14.0 Å². The Morgan fingerprint density at radius 2 is 1.92 bits per heavy atom. The van der Waals surface area contributed by atoms with Crippen LogP contribution in [0.2, 0.25) is 0 Å². The van der Waals surface area contributed by atoms with Crippen molar-refractivity contribution in [2.75, 3.05) is 44.6 Å². The number of nitrogens with one attached hydrogen (secondary N) is 1. The van der Waals surface area contributed by atoms with Crippen molar-refractivity contribution in [1.29, 1.82) is 5.41 Å². The zero-order chi connectivity index (χ0) is 26.2. The Balaban J connectivity index is 1.70. The molecule has 0 aliphatic carbocycles. The van der Waals surface area contributed by atoms with E-state index in [0.717, 1.165) is 37.3 Å². The summed E-state index contributed by atoms with van der Waals surface area (Å²) in [6, 6.07) is 9.14. The lowest BCUT2D eigenvalue weighted by Crippen LogP contribution is -2.36. The first-order valence-corrected chi connectivity index (χ1v) is 12.9. The third-order valence-corrected chi connectivity index (χ3v) is 6.63. The van der Waals surface area contributed by atoms with Crippen LogP contribution in [0.1, 0.15) is 34.3 Å². The number of halogens is 1. The minimum Gasteiger partial charge on any atom is -0.488 e. The summed E-state index contributed by atoms with van der Waals surface area (Å²) in [6.45, 7) is 1.14. The molecule has 1 amide bonds. The van der Waals surface area contributed by atoms with E-state index in [1.54, 1.807) is 36.0 Å². The van der Waals surface area contributed by atoms with Crippen molar-refractivity contribution >= 4 is 40.5 Å². The van der Waals surface area contributed by atoms with Gasteiger partial charge in [0.1, 0.15) is 12.3 Å². The fourth-order valence-electron chi connectivity index (χ4n) is 4.00. The molecule has 1 heterocycles. The minimum absolute atomic E-state index is 0.0225. The minimum atomic E-state index is -0.747. The van der Waals surface area contributed by atoms with E-state index in [4.69, 9.17) is 26.4 Å². The van der Waals surface area contributed by atoms with Crippen LogP contribution in [-0.2, 0) is 9.53 Å². The smallest absolute Gasteiger partial charge is 0.254 e. The molecule has 192 valence electrons. The van der Waals surface area contributed by atoms with Gasteiger partial charge in [-0.2, -0.15) is 11.8 Å². The van der Waals surface area contributed by atoms with Crippen LogP contribution in [0.4, 0.5) is 10.1 Å². The molecule has 10 heteroatoms. The second-order valence-electron chi connectivity index (χ2n) is 8.38. The number of nitrogens with zero attached hydrogens (tertiary/aromatic N) is 1. The highest BCUT2D eigenvalue weighted by Crippen LogP contribution is 2.26. The number of benzene rings is 2. The number of amides is 1. The maximum atomic E-state index is 14.4. The molecule has 3 rings (SSSR count). The summed E-state index contributed by atoms with van der Waals surface area (Å²) in [4.78, 5) is 27.5. The number of likely N-dealkylation sites (tertiary alicyclic amines) is 1. The van der Waals surface area contributed by atoms with Crippen LogP contribution in [0.15, 0.2) is 42.5 Å². The number of carbonyl (C=O) groups is 2. The highest BCUT2D eigenvalue weighted by Gasteiger charge is 2.28. The number of carbonyl (C=O) groups excluding carboxylic acids is 2. The lowest BCUT2D eigenvalue weighted by Gasteiger charge is -2.24. The van der Waals surface area contributed by atoms with Gasteiger partial charge >= 0.3 is 0 Å². The zero-order valence-electron chi connectivity index (χ0n) is 20.4. The monoisotopic (exact) mass is 514 g/mol. The summed E-state index contributed by atoms with van der Waals surface area (Å²) >= 11 is 1.73. The second-order valence-corrected chi connectivity index (χ2v) is 9.29. The SMILES string of the molecule is COCCOc1cc(N)c(C(=N)C(=O)C=C(N)c2ccc(C(=O)N3CCC[C@H]3CSC)cc2)cc1F. The third kappa shape index (κ3) is 6.44. The number of ether oxygens (including phenoxy) is 2. The summed E-state index contributed by atoms with van der Waals surface area (Å²) in [6.07, 6.45) is 5.13. The van der Waals surface area contributed by atoms with Crippen molar-refractivity contribution < 1.29 is 23.5 Å². The van der Waals surface area contributed by atoms with Crippen molar-refractivity contribution in [1.82, 2.24) is 4.90 Å². The van der Waals surface area contributed by atoms with E-state index in [0.29, 0.717) is 11.1 Å². The molecule has 1 fully saturated rings. The van der Waals surface area contributed by atoms with Gasteiger partial charge in [0.05, 0.1) is 6.61 Å². The standard InChI is InChI=1S/C26H31FN4O4S/c1-34-10-11-35-24-14-22(29)19(12-20(24)27)25(30)23(32)13-21(28)16-5-7-17(8-6-16)26(33)31-9-3-4-18(31)15-36-2/h5-8,12-14,18,30H,3-4,9-11,15,28-29H2,1-2H3/t18-/m0/s1. The van der Waals surface area contributed by atoms with Crippen LogP contribution in [-0.4, -0.2) is 67.2 Å². The van der Waals surface area contributed by atoms with Crippen LogP contribution >= 0.6 is 11.8 Å². The van der Waals surface area contributed by atoms with E-state index >= 15 is 0 Å². The molecule has 8 nitrogen and oxygen atoms in total. The number of ketones is 1. The number of nitrogens with two attached hydrogens (primary N) is 2. The molecule has 0 aromatic heterocycles. The number of thioether (sulfide) groups is 1. The van der Waals surface area contributed by atoms with Crippen molar-refractivity contribution in [3.05, 3.63) is 65.0 Å². The molecule has 1 aliphatic heterocycles. The summed E-state index contributed by atoms with van der Waals surface area (Å²) in [5.74, 6) is -0.685. The van der Waals surface area contributed by atoms with Gasteiger partial charge < -0.3 is 25.8 Å². The topological polar surface area (TPSA) is 132 Å². The third-order valence-electron chi connectivity index (χ3n) is 5.91. The molecular weight excluding hydrogens is 483 g/mol. The van der Waals surface area contributed by atoms with E-state index in [2.05, 4.69) is 0 Å². The Labute approximate surface area is 214 Å². The Morgan fingerprint density at radius 1 is 1.22 bits per heavy atom. The fourth-order valence-corrected chi connectivity index (χ4v) is 4.73. The van der Waals surface area contributed by atoms with Crippen molar-refractivity contribution in [3.63, 3.8) is 0 Å². The van der Waals surface area contributed by atoms with Gasteiger partial charge in [-0.1, -0.05) is 12.1 Å². The number of methoxy groups -OCH3 is 1. The molecule has 0 radical (unpaired) electrons. The molecule has 0 bridgehead atoms. The summed E-state index contributed by atoms with van der Waals surface area (Å²) in [5, 5.41) is 8.20. The number of hydrogen-bond acceptors (Lipinski definition) is 8. The predicted molar refractivity (Wildman–Crippen MR) is 141 cm³/mol. The number of anilines is 1. The van der Waals surface area contributed by atoms with Gasteiger partial charge in [-0.3, -0.25) is 15.0 Å². The van der Waals surface area contributed by atoms with Crippen LogP contribution in [0.3, 0.4) is 0 Å². The van der Waals surface area contributed by atoms with Crippen LogP contribution in [0.5, 0.6) is 5.75 Å². The highest BCUT2D eigenvalue weighted by molar-refractivity contribution is 7.98. The summed E-state index contributed by atoms with van der Waals surface area (Å²) in [7, 11) is 1.49. The Hall–Kier alpha value is -3.37. The maximum absolute atomic E-state index is 14.4. The van der Waals surface area contributed by atoms with Crippen molar-refractivity contribution in [2.45, 2.75) is 18.9 Å². The van der Waals surface area contributed by atoms with Gasteiger partial charge in [-0.25, -0.2) is 4.39 Å². The first kappa shape index (κ1) is 27.2. The molecule has 1 atom stereocenters. The van der Waals surface area contributed by atoms with Gasteiger partial charge in [0.15, 0.2) is 11.6 Å². The number of allylic oxidation sites excluding steroid dienone is 1. The Bertz CT molecular complexity index is 1150. The fraction of sp³-hybridized carbons (Fsp3) is 0.346. The lowest BCUT2D eigenvalue weighted by molar-refractivity contribution is -0.108. The largest absolute Gasteiger partial charge is 0.488 e. The molecule has 2 aromatic rings. The first-order chi connectivity index (χ1) is 17.3. The highest BCUT2D eigenvalue weighted by atomic mass is 32.2. The van der Waals surface area contributed by atoms with Crippen LogP contribution in [0, 0.1) is 11.2 Å². The van der Waals surface area contributed by atoms with Crippen molar-refractivity contribution in [3.8, 4) is 5.75 Å². The summed E-state index contributed by atoms with van der Waals surface area (Å²) < 4.78 is 24.5. The molecule has 0 spiro atoms. The lowest BCUT2D eigenvalue weighted by atomic mass is 10.0. The molecule has 1 aliphatic rings. The normalized spacial score (nSPS) is 15.7. The van der Waals surface area contributed by atoms with E-state index < -0.39 is 17.3 Å². The summed E-state index contributed by atoms with van der Waals surface area (Å²) in [5.41, 5.74) is 12.7. The first-order valence-electron chi connectivity index (χ1n) is 11.5. The van der Waals surface area contributed by atoms with E-state index in [1.165, 1.54) is 13.2 Å². The predicted octanol–water partition coefficient (Wildman–Crippen LogP) is 3.34. The van der Waals surface area contributed by atoms with Gasteiger partial charge in [0.2, 0.25) is 5.78 Å². The number of nitrogen functional groups attached to an aromatic ring is 1. The van der Waals surface area contributed by atoms with Gasteiger partial charge in [0, 0.05) is 60.1 Å². The van der Waals surface area contributed by atoms with Gasteiger partial charge in [-0.15, -0.1) is 0 Å². The second kappa shape index (κ2) is 12.5. The van der Waals surface area contributed by atoms with Crippen LogP contribution < -0.4 is 16.2 Å². The Kier molecular flexibility index (Phi) is 9.49. The van der Waals surface area contributed by atoms with E-state index in [1.807, 2.05) is 11.2 Å². The van der Waals surface area contributed by atoms with Crippen molar-refractivity contribution in [2.24, 2.45) is 5.73 Å². The maximum Gasteiger partial charge on any atom is 0.254 e. The van der Waals surface area contributed by atoms with E-state index in [-0.39, 0.29) is 47.9 Å². The average Bonchev–Trinajstić information content (AvgIpc) is 3.33. The molecule has 5 N–H and O–H groups in total. The molecule has 36 heavy (non-hydrogen) atoms. The quantitative estimate of drug-likeness (QED) is 0.181. The zero-order valence-corrected chi connectivity index (χ0v) is 21.2. The molecule has 0 saturated carbocycles. The molecule has 0 unspecified atom stereocenters. The molecule has 2 aromatic carbocycles. The molecule has 1 saturated heterocycles. The van der Waals surface area contributed by atoms with Gasteiger partial charge in [-0.05, 0) is 42.9 Å². The Morgan fingerprint density at radius 3 is 2.58 bits per heavy atom.